The van der Waals surface area contributed by atoms with Crippen molar-refractivity contribution in [3.63, 3.8) is 0 Å². The monoisotopic (exact) mass is 269 g/mol. The molecular formula is C11H15N3OS2. The van der Waals surface area contributed by atoms with Gasteiger partial charge in [0.15, 0.2) is 0 Å². The van der Waals surface area contributed by atoms with Gasteiger partial charge >= 0.3 is 0 Å². The van der Waals surface area contributed by atoms with Crippen molar-refractivity contribution in [1.29, 1.82) is 0 Å². The van der Waals surface area contributed by atoms with Crippen LogP contribution in [-0.2, 0) is 11.5 Å². The lowest BCUT2D eigenvalue weighted by molar-refractivity contribution is 0.530. The zero-order chi connectivity index (χ0) is 11.9. The molecule has 6 heteroatoms. The molecule has 0 unspecified atom stereocenters. The van der Waals surface area contributed by atoms with E-state index in [9.17, 15) is 0 Å². The first-order valence-electron chi connectivity index (χ1n) is 5.55. The van der Waals surface area contributed by atoms with E-state index in [0.717, 1.165) is 40.9 Å². The molecule has 0 atom stereocenters. The average Bonchev–Trinajstić information content (AvgIpc) is 2.98. The Hall–Kier alpha value is -1.01. The van der Waals surface area contributed by atoms with Crippen LogP contribution in [0.15, 0.2) is 22.8 Å². The van der Waals surface area contributed by atoms with Gasteiger partial charge in [-0.3, -0.25) is 0 Å². The predicted octanol–water partition coefficient (Wildman–Crippen LogP) is 3.39. The minimum atomic E-state index is 0.864. The Kier molecular flexibility index (Phi) is 4.88. The van der Waals surface area contributed by atoms with E-state index in [2.05, 4.69) is 21.8 Å². The van der Waals surface area contributed by atoms with E-state index >= 15 is 0 Å². The fourth-order valence-corrected chi connectivity index (χ4v) is 2.88. The summed E-state index contributed by atoms with van der Waals surface area (Å²) in [6.45, 7) is 3.12. The Morgan fingerprint density at radius 2 is 2.41 bits per heavy atom. The van der Waals surface area contributed by atoms with E-state index in [1.54, 1.807) is 18.0 Å². The van der Waals surface area contributed by atoms with Crippen LogP contribution >= 0.6 is 23.3 Å². The van der Waals surface area contributed by atoms with Gasteiger partial charge in [-0.25, -0.2) is 0 Å². The van der Waals surface area contributed by atoms with Crippen molar-refractivity contribution in [2.75, 3.05) is 11.9 Å². The first kappa shape index (κ1) is 12.4. The Bertz CT molecular complexity index is 428. The SMILES string of the molecule is CCCNc1snnc1CSCc1ccco1. The number of thioether (sulfide) groups is 1. The second kappa shape index (κ2) is 6.66. The van der Waals surface area contributed by atoms with Gasteiger partial charge in [0.05, 0.1) is 12.0 Å². The fraction of sp³-hybridized carbons (Fsp3) is 0.455. The highest BCUT2D eigenvalue weighted by molar-refractivity contribution is 7.97. The smallest absolute Gasteiger partial charge is 0.134 e. The molecule has 0 bridgehead atoms. The minimum Gasteiger partial charge on any atom is -0.468 e. The van der Waals surface area contributed by atoms with Crippen molar-refractivity contribution >= 4 is 28.3 Å². The number of furan rings is 1. The highest BCUT2D eigenvalue weighted by Gasteiger charge is 2.07. The van der Waals surface area contributed by atoms with E-state index in [4.69, 9.17) is 4.42 Å². The third kappa shape index (κ3) is 3.74. The highest BCUT2D eigenvalue weighted by atomic mass is 32.2. The van der Waals surface area contributed by atoms with Crippen LogP contribution in [0, 0.1) is 0 Å². The maximum absolute atomic E-state index is 5.28. The summed E-state index contributed by atoms with van der Waals surface area (Å²) in [5, 5.41) is 8.58. The van der Waals surface area contributed by atoms with Crippen LogP contribution in [0.25, 0.3) is 0 Å². The van der Waals surface area contributed by atoms with E-state index < -0.39 is 0 Å². The van der Waals surface area contributed by atoms with Crippen LogP contribution in [0.4, 0.5) is 5.00 Å². The molecule has 4 nitrogen and oxygen atoms in total. The molecule has 0 saturated heterocycles. The minimum absolute atomic E-state index is 0.864. The maximum Gasteiger partial charge on any atom is 0.134 e. The quantitative estimate of drug-likeness (QED) is 0.835. The Labute approximate surface area is 109 Å². The zero-order valence-electron chi connectivity index (χ0n) is 9.68. The molecule has 0 saturated carbocycles. The summed E-state index contributed by atoms with van der Waals surface area (Å²) in [7, 11) is 0. The molecule has 0 aromatic carbocycles. The number of anilines is 1. The van der Waals surface area contributed by atoms with Crippen molar-refractivity contribution < 1.29 is 4.42 Å². The lowest BCUT2D eigenvalue weighted by atomic mass is 10.4. The maximum atomic E-state index is 5.28. The van der Waals surface area contributed by atoms with Gasteiger partial charge in [0.2, 0.25) is 0 Å². The molecule has 0 amide bonds. The Balaban J connectivity index is 1.80. The molecule has 2 aromatic heterocycles. The van der Waals surface area contributed by atoms with E-state index in [-0.39, 0.29) is 0 Å². The molecule has 2 aromatic rings. The van der Waals surface area contributed by atoms with Crippen molar-refractivity contribution in [3.05, 3.63) is 29.9 Å². The summed E-state index contributed by atoms with van der Waals surface area (Å²) in [6.07, 6.45) is 2.81. The molecule has 1 N–H and O–H groups in total. The van der Waals surface area contributed by atoms with Crippen molar-refractivity contribution in [1.82, 2.24) is 9.59 Å². The van der Waals surface area contributed by atoms with Gasteiger partial charge in [0, 0.05) is 23.8 Å². The fourth-order valence-electron chi connectivity index (χ4n) is 1.32. The molecule has 0 spiro atoms. The molecule has 0 radical (unpaired) electrons. The number of rotatable bonds is 7. The van der Waals surface area contributed by atoms with Gasteiger partial charge in [-0.15, -0.1) is 16.9 Å². The van der Waals surface area contributed by atoms with Crippen LogP contribution in [0.3, 0.4) is 0 Å². The summed E-state index contributed by atoms with van der Waals surface area (Å²) < 4.78 is 9.26. The molecule has 17 heavy (non-hydrogen) atoms. The Morgan fingerprint density at radius 1 is 1.47 bits per heavy atom. The molecular weight excluding hydrogens is 254 g/mol. The lowest BCUT2D eigenvalue weighted by Crippen LogP contribution is -2.00. The summed E-state index contributed by atoms with van der Waals surface area (Å²) >= 11 is 3.22. The largest absolute Gasteiger partial charge is 0.468 e. The molecule has 0 aliphatic rings. The second-order valence-electron chi connectivity index (χ2n) is 3.55. The molecule has 0 aliphatic heterocycles. The van der Waals surface area contributed by atoms with Gasteiger partial charge in [-0.1, -0.05) is 11.4 Å². The van der Waals surface area contributed by atoms with Crippen LogP contribution < -0.4 is 5.32 Å². The number of hydrogen-bond donors (Lipinski definition) is 1. The van der Waals surface area contributed by atoms with Crippen LogP contribution in [0.5, 0.6) is 0 Å². The normalized spacial score (nSPS) is 10.6. The van der Waals surface area contributed by atoms with Crippen molar-refractivity contribution in [3.8, 4) is 0 Å². The third-order valence-corrected chi connectivity index (χ3v) is 3.85. The van der Waals surface area contributed by atoms with Crippen molar-refractivity contribution in [2.45, 2.75) is 24.9 Å². The number of aromatic nitrogens is 2. The first-order valence-corrected chi connectivity index (χ1v) is 7.48. The molecule has 0 aliphatic carbocycles. The summed E-state index contributed by atoms with van der Waals surface area (Å²) in [5.74, 6) is 2.74. The summed E-state index contributed by atoms with van der Waals surface area (Å²) in [5.41, 5.74) is 1.04. The topological polar surface area (TPSA) is 51.0 Å². The van der Waals surface area contributed by atoms with Gasteiger partial charge in [0.1, 0.15) is 16.5 Å². The average molecular weight is 269 g/mol. The summed E-state index contributed by atoms with van der Waals surface area (Å²) in [4.78, 5) is 0. The van der Waals surface area contributed by atoms with E-state index in [1.165, 1.54) is 11.5 Å². The molecule has 0 fully saturated rings. The van der Waals surface area contributed by atoms with Gasteiger partial charge in [0.25, 0.3) is 0 Å². The lowest BCUT2D eigenvalue weighted by Gasteiger charge is -2.02. The molecule has 92 valence electrons. The van der Waals surface area contributed by atoms with E-state index in [0.29, 0.717) is 0 Å². The first-order chi connectivity index (χ1) is 8.40. The van der Waals surface area contributed by atoms with Crippen LogP contribution in [-0.4, -0.2) is 16.1 Å². The second-order valence-corrected chi connectivity index (χ2v) is 5.29. The van der Waals surface area contributed by atoms with Crippen LogP contribution in [0.2, 0.25) is 0 Å². The van der Waals surface area contributed by atoms with Gasteiger partial charge < -0.3 is 9.73 Å². The van der Waals surface area contributed by atoms with Crippen molar-refractivity contribution in [2.24, 2.45) is 0 Å². The molecule has 2 heterocycles. The highest BCUT2D eigenvalue weighted by Crippen LogP contribution is 2.24. The Morgan fingerprint density at radius 3 is 3.18 bits per heavy atom. The van der Waals surface area contributed by atoms with Gasteiger partial charge in [-0.2, -0.15) is 0 Å². The predicted molar refractivity (Wildman–Crippen MR) is 72.4 cm³/mol. The molecule has 2 rings (SSSR count). The number of nitrogens with one attached hydrogen (secondary N) is 1. The standard InChI is InChI=1S/C11H15N3OS2/c1-2-5-12-11-10(13-14-17-11)8-16-7-9-4-3-6-15-9/h3-4,6,12H,2,5,7-8H2,1H3. The third-order valence-electron chi connectivity index (χ3n) is 2.15. The van der Waals surface area contributed by atoms with Gasteiger partial charge in [-0.05, 0) is 18.6 Å². The van der Waals surface area contributed by atoms with Crippen LogP contribution in [0.1, 0.15) is 24.8 Å². The number of hydrogen-bond acceptors (Lipinski definition) is 6. The summed E-state index contributed by atoms with van der Waals surface area (Å²) in [6, 6.07) is 3.90. The zero-order valence-corrected chi connectivity index (χ0v) is 11.3. The number of nitrogens with zero attached hydrogens (tertiary/aromatic N) is 2. The van der Waals surface area contributed by atoms with E-state index in [1.807, 2.05) is 12.1 Å².